The van der Waals surface area contributed by atoms with E-state index in [1.165, 1.54) is 12.8 Å². The number of carboxylic acids is 1. The zero-order valence-electron chi connectivity index (χ0n) is 7.18. The average molecular weight is 169 g/mol. The Balaban J connectivity index is 1.88. The smallest absolute Gasteiger partial charge is 0.306 e. The van der Waals surface area contributed by atoms with Crippen molar-refractivity contribution in [3.8, 4) is 0 Å². The molecule has 1 saturated carbocycles. The van der Waals surface area contributed by atoms with Crippen molar-refractivity contribution in [3.05, 3.63) is 0 Å². The lowest BCUT2D eigenvalue weighted by Gasteiger charge is -2.48. The van der Waals surface area contributed by atoms with Crippen LogP contribution in [0.3, 0.4) is 0 Å². The van der Waals surface area contributed by atoms with Crippen LogP contribution in [0, 0.1) is 11.3 Å². The van der Waals surface area contributed by atoms with E-state index in [0.717, 1.165) is 25.9 Å². The van der Waals surface area contributed by atoms with Crippen molar-refractivity contribution in [1.29, 1.82) is 0 Å². The highest BCUT2D eigenvalue weighted by molar-refractivity contribution is 5.71. The quantitative estimate of drug-likeness (QED) is 0.612. The van der Waals surface area contributed by atoms with Gasteiger partial charge in [0.05, 0.1) is 5.92 Å². The Bertz CT molecular complexity index is 189. The summed E-state index contributed by atoms with van der Waals surface area (Å²) in [6.45, 7) is 2.15. The second-order valence-corrected chi connectivity index (χ2v) is 4.22. The number of nitrogens with one attached hydrogen (secondary N) is 1. The van der Waals surface area contributed by atoms with Gasteiger partial charge in [-0.05, 0) is 37.6 Å². The number of hydrogen-bond acceptors (Lipinski definition) is 2. The predicted molar refractivity (Wildman–Crippen MR) is 44.9 cm³/mol. The van der Waals surface area contributed by atoms with Crippen molar-refractivity contribution in [2.24, 2.45) is 11.3 Å². The average Bonchev–Trinajstić information content (AvgIpc) is 2.01. The number of carboxylic acid groups (broad SMARTS) is 1. The third-order valence-corrected chi connectivity index (χ3v) is 3.27. The van der Waals surface area contributed by atoms with Crippen LogP contribution in [0.15, 0.2) is 0 Å². The van der Waals surface area contributed by atoms with Crippen LogP contribution in [0.25, 0.3) is 0 Å². The summed E-state index contributed by atoms with van der Waals surface area (Å²) >= 11 is 0. The lowest BCUT2D eigenvalue weighted by molar-refractivity contribution is -0.150. The SMILES string of the molecule is O=C(O)C1CC2(CCCNC2)C1. The first-order valence-electron chi connectivity index (χ1n) is 4.65. The maximum atomic E-state index is 10.6. The van der Waals surface area contributed by atoms with Crippen molar-refractivity contribution < 1.29 is 9.90 Å². The maximum Gasteiger partial charge on any atom is 0.306 e. The fourth-order valence-corrected chi connectivity index (χ4v) is 2.54. The Morgan fingerprint density at radius 2 is 2.25 bits per heavy atom. The van der Waals surface area contributed by atoms with Crippen molar-refractivity contribution in [2.75, 3.05) is 13.1 Å². The topological polar surface area (TPSA) is 49.3 Å². The van der Waals surface area contributed by atoms with E-state index in [-0.39, 0.29) is 5.92 Å². The van der Waals surface area contributed by atoms with Gasteiger partial charge in [0.15, 0.2) is 0 Å². The van der Waals surface area contributed by atoms with E-state index in [4.69, 9.17) is 5.11 Å². The molecule has 68 valence electrons. The van der Waals surface area contributed by atoms with Crippen LogP contribution in [-0.2, 0) is 4.79 Å². The first kappa shape index (κ1) is 8.05. The van der Waals surface area contributed by atoms with E-state index in [2.05, 4.69) is 5.32 Å². The number of piperidine rings is 1. The number of hydrogen-bond donors (Lipinski definition) is 2. The van der Waals surface area contributed by atoms with Crippen LogP contribution in [0.2, 0.25) is 0 Å². The number of aliphatic carboxylic acids is 1. The molecule has 0 radical (unpaired) electrons. The van der Waals surface area contributed by atoms with Gasteiger partial charge in [-0.1, -0.05) is 0 Å². The summed E-state index contributed by atoms with van der Waals surface area (Å²) in [4.78, 5) is 10.6. The molecule has 1 aliphatic carbocycles. The predicted octanol–water partition coefficient (Wildman–Crippen LogP) is 0.851. The molecule has 2 aliphatic rings. The molecule has 0 atom stereocenters. The van der Waals surface area contributed by atoms with Crippen LogP contribution in [0.4, 0.5) is 0 Å². The molecule has 1 heterocycles. The third-order valence-electron chi connectivity index (χ3n) is 3.27. The molecule has 0 aromatic carbocycles. The Hall–Kier alpha value is -0.570. The summed E-state index contributed by atoms with van der Waals surface area (Å²) < 4.78 is 0. The van der Waals surface area contributed by atoms with Crippen LogP contribution in [0.1, 0.15) is 25.7 Å². The fraction of sp³-hybridized carbons (Fsp3) is 0.889. The molecule has 0 unspecified atom stereocenters. The molecule has 1 spiro atoms. The van der Waals surface area contributed by atoms with E-state index in [0.29, 0.717) is 5.41 Å². The van der Waals surface area contributed by atoms with Gasteiger partial charge in [0.2, 0.25) is 0 Å². The third kappa shape index (κ3) is 1.22. The van der Waals surface area contributed by atoms with Crippen molar-refractivity contribution >= 4 is 5.97 Å². The van der Waals surface area contributed by atoms with Gasteiger partial charge in [0.1, 0.15) is 0 Å². The highest BCUT2D eigenvalue weighted by Gasteiger charge is 2.47. The molecule has 0 bridgehead atoms. The first-order chi connectivity index (χ1) is 5.72. The molecule has 0 aromatic heterocycles. The monoisotopic (exact) mass is 169 g/mol. The van der Waals surface area contributed by atoms with Gasteiger partial charge in [-0.15, -0.1) is 0 Å². The van der Waals surface area contributed by atoms with E-state index in [1.54, 1.807) is 0 Å². The molecule has 2 N–H and O–H groups in total. The van der Waals surface area contributed by atoms with Crippen LogP contribution >= 0.6 is 0 Å². The second kappa shape index (κ2) is 2.73. The molecule has 3 heteroatoms. The van der Waals surface area contributed by atoms with Gasteiger partial charge in [-0.2, -0.15) is 0 Å². The number of carbonyl (C=O) groups is 1. The van der Waals surface area contributed by atoms with E-state index < -0.39 is 5.97 Å². The molecule has 2 rings (SSSR count). The Labute approximate surface area is 72.2 Å². The molecule has 0 amide bonds. The zero-order chi connectivity index (χ0) is 8.60. The Kier molecular flexibility index (Phi) is 1.83. The highest BCUT2D eigenvalue weighted by Crippen LogP contribution is 2.49. The molecule has 1 saturated heterocycles. The van der Waals surface area contributed by atoms with Gasteiger partial charge in [0, 0.05) is 6.54 Å². The van der Waals surface area contributed by atoms with Crippen molar-refractivity contribution in [1.82, 2.24) is 5.32 Å². The summed E-state index contributed by atoms with van der Waals surface area (Å²) in [5.74, 6) is -0.656. The molecule has 1 aliphatic heterocycles. The summed E-state index contributed by atoms with van der Waals surface area (Å²) in [6, 6.07) is 0. The fourth-order valence-electron chi connectivity index (χ4n) is 2.54. The molecule has 2 fully saturated rings. The van der Waals surface area contributed by atoms with Crippen LogP contribution in [0.5, 0.6) is 0 Å². The molecule has 3 nitrogen and oxygen atoms in total. The maximum absolute atomic E-state index is 10.6. The Morgan fingerprint density at radius 1 is 1.50 bits per heavy atom. The van der Waals surface area contributed by atoms with Crippen molar-refractivity contribution in [3.63, 3.8) is 0 Å². The second-order valence-electron chi connectivity index (χ2n) is 4.22. The largest absolute Gasteiger partial charge is 0.481 e. The van der Waals surface area contributed by atoms with Crippen LogP contribution in [-0.4, -0.2) is 24.2 Å². The zero-order valence-corrected chi connectivity index (χ0v) is 7.18. The highest BCUT2D eigenvalue weighted by atomic mass is 16.4. The van der Waals surface area contributed by atoms with Gasteiger partial charge < -0.3 is 10.4 Å². The minimum absolute atomic E-state index is 0.0510. The van der Waals surface area contributed by atoms with E-state index in [9.17, 15) is 4.79 Å². The minimum atomic E-state index is -0.605. The Morgan fingerprint density at radius 3 is 2.75 bits per heavy atom. The first-order valence-corrected chi connectivity index (χ1v) is 4.65. The summed E-state index contributed by atoms with van der Waals surface area (Å²) in [6.07, 6.45) is 4.24. The van der Waals surface area contributed by atoms with Gasteiger partial charge in [-0.3, -0.25) is 4.79 Å². The van der Waals surface area contributed by atoms with Gasteiger partial charge in [-0.25, -0.2) is 0 Å². The van der Waals surface area contributed by atoms with Gasteiger partial charge >= 0.3 is 5.97 Å². The normalized spacial score (nSPS) is 40.8. The van der Waals surface area contributed by atoms with Crippen molar-refractivity contribution in [2.45, 2.75) is 25.7 Å². The summed E-state index contributed by atoms with van der Waals surface area (Å²) in [5, 5.41) is 12.1. The standard InChI is InChI=1S/C9H15NO2/c11-8(12)7-4-9(5-7)2-1-3-10-6-9/h7,10H,1-6H2,(H,11,12). The molecular formula is C9H15NO2. The summed E-state index contributed by atoms with van der Waals surface area (Å²) in [5.41, 5.74) is 0.362. The van der Waals surface area contributed by atoms with E-state index in [1.807, 2.05) is 0 Å². The lowest BCUT2D eigenvalue weighted by Crippen LogP contribution is -2.50. The number of rotatable bonds is 1. The van der Waals surface area contributed by atoms with Gasteiger partial charge in [0.25, 0.3) is 0 Å². The summed E-state index contributed by atoms with van der Waals surface area (Å²) in [7, 11) is 0. The van der Waals surface area contributed by atoms with Crippen LogP contribution < -0.4 is 5.32 Å². The molecule has 12 heavy (non-hydrogen) atoms. The van der Waals surface area contributed by atoms with E-state index >= 15 is 0 Å². The molecule has 0 aromatic rings. The lowest BCUT2D eigenvalue weighted by atomic mass is 9.59. The molecular weight excluding hydrogens is 154 g/mol. The minimum Gasteiger partial charge on any atom is -0.481 e.